The van der Waals surface area contributed by atoms with Gasteiger partial charge in [-0.25, -0.2) is 4.79 Å². The molecule has 6 rings (SSSR count). The summed E-state index contributed by atoms with van der Waals surface area (Å²) in [5.74, 6) is 1.83. The maximum Gasteiger partial charge on any atom is 0.410 e. The van der Waals surface area contributed by atoms with Gasteiger partial charge < -0.3 is 28.7 Å². The van der Waals surface area contributed by atoms with Crippen LogP contribution in [0, 0.1) is 5.41 Å². The van der Waals surface area contributed by atoms with Gasteiger partial charge in [0.2, 0.25) is 5.88 Å². The molecule has 0 radical (unpaired) electrons. The molecule has 1 unspecified atom stereocenters. The first-order valence-electron chi connectivity index (χ1n) is 15.4. The van der Waals surface area contributed by atoms with E-state index in [2.05, 4.69) is 25.3 Å². The van der Waals surface area contributed by atoms with Crippen molar-refractivity contribution in [2.45, 2.75) is 77.0 Å². The van der Waals surface area contributed by atoms with Gasteiger partial charge in [0.1, 0.15) is 11.4 Å². The molecular formula is C33H42N6O5. The Kier molecular flexibility index (Phi) is 8.32. The number of hydrogen-bond donors (Lipinski definition) is 0. The smallest absolute Gasteiger partial charge is 0.410 e. The Morgan fingerprint density at radius 2 is 1.84 bits per heavy atom. The topological polar surface area (TPSA) is 112 Å². The summed E-state index contributed by atoms with van der Waals surface area (Å²) in [4.78, 5) is 17.7. The summed E-state index contributed by atoms with van der Waals surface area (Å²) in [6.45, 7) is 7.39. The summed E-state index contributed by atoms with van der Waals surface area (Å²) in [5.41, 5.74) is 3.16. The summed E-state index contributed by atoms with van der Waals surface area (Å²) >= 11 is 0. The molecule has 1 aromatic carbocycles. The van der Waals surface area contributed by atoms with Gasteiger partial charge in [-0.3, -0.25) is 0 Å². The number of ether oxygens (including phenoxy) is 4. The number of amides is 1. The minimum Gasteiger partial charge on any atom is -0.480 e. The Balaban J connectivity index is 1.18. The van der Waals surface area contributed by atoms with Crippen LogP contribution in [-0.4, -0.2) is 83.2 Å². The van der Waals surface area contributed by atoms with Crippen molar-refractivity contribution in [3.63, 3.8) is 0 Å². The second kappa shape index (κ2) is 12.2. The van der Waals surface area contributed by atoms with Gasteiger partial charge in [-0.2, -0.15) is 5.10 Å². The molecular weight excluding hydrogens is 560 g/mol. The monoisotopic (exact) mass is 602 g/mol. The van der Waals surface area contributed by atoms with Gasteiger partial charge in [0.15, 0.2) is 12.6 Å². The number of aromatic nitrogens is 4. The predicted octanol–water partition coefficient (Wildman–Crippen LogP) is 5.74. The standard InChI is InChI=1S/C33H42N6O5/c1-32(2,3)44-31(40)39(25-17-33(18-25)12-6-13-33)24-11-14-38(20-24)29-10-9-27(35-36-29)26-8-7-22(15-28(26)43-21-41-4)23-16-30(42-5)37-34-19-23/h7-10,15-16,19,24-25H,6,11-14,17-18,20-21H2,1-5H3. The zero-order valence-corrected chi connectivity index (χ0v) is 26.3. The summed E-state index contributed by atoms with van der Waals surface area (Å²) in [5, 5.41) is 17.2. The highest BCUT2D eigenvalue weighted by Crippen LogP contribution is 2.57. The molecule has 0 N–H and O–H groups in total. The van der Waals surface area contributed by atoms with E-state index in [-0.39, 0.29) is 25.0 Å². The van der Waals surface area contributed by atoms with Crippen molar-refractivity contribution in [3.05, 3.63) is 42.6 Å². The molecule has 3 heterocycles. The molecule has 3 aromatic rings. The zero-order valence-electron chi connectivity index (χ0n) is 26.3. The second-order valence-electron chi connectivity index (χ2n) is 13.2. The van der Waals surface area contributed by atoms with Gasteiger partial charge in [0.05, 0.1) is 25.0 Å². The van der Waals surface area contributed by atoms with E-state index in [9.17, 15) is 4.79 Å². The van der Waals surface area contributed by atoms with Crippen LogP contribution in [0.4, 0.5) is 10.6 Å². The normalized spacial score (nSPS) is 19.3. The molecule has 44 heavy (non-hydrogen) atoms. The Morgan fingerprint density at radius 1 is 1.02 bits per heavy atom. The number of carbonyl (C=O) groups is 1. The number of hydrogen-bond acceptors (Lipinski definition) is 10. The van der Waals surface area contributed by atoms with Crippen molar-refractivity contribution in [1.29, 1.82) is 0 Å². The van der Waals surface area contributed by atoms with Crippen LogP contribution in [-0.2, 0) is 9.47 Å². The van der Waals surface area contributed by atoms with Crippen molar-refractivity contribution < 1.29 is 23.7 Å². The molecule has 2 saturated carbocycles. The fourth-order valence-electron chi connectivity index (χ4n) is 6.71. The van der Waals surface area contributed by atoms with Gasteiger partial charge >= 0.3 is 6.09 Å². The first-order valence-corrected chi connectivity index (χ1v) is 15.4. The largest absolute Gasteiger partial charge is 0.480 e. The van der Waals surface area contributed by atoms with Gasteiger partial charge in [0, 0.05) is 43.4 Å². The molecule has 3 fully saturated rings. The molecule has 0 bridgehead atoms. The number of carbonyl (C=O) groups excluding carboxylic acids is 1. The molecule has 234 valence electrons. The van der Waals surface area contributed by atoms with Crippen LogP contribution < -0.4 is 14.4 Å². The molecule has 11 heteroatoms. The highest BCUT2D eigenvalue weighted by atomic mass is 16.7. The number of rotatable bonds is 9. The van der Waals surface area contributed by atoms with Crippen LogP contribution >= 0.6 is 0 Å². The molecule has 1 aliphatic heterocycles. The maximum atomic E-state index is 13.4. The predicted molar refractivity (Wildman–Crippen MR) is 166 cm³/mol. The lowest BCUT2D eigenvalue weighted by molar-refractivity contribution is -0.0714. The fourth-order valence-corrected chi connectivity index (χ4v) is 6.71. The van der Waals surface area contributed by atoms with Crippen LogP contribution in [0.5, 0.6) is 11.6 Å². The number of methoxy groups -OCH3 is 2. The molecule has 1 amide bonds. The van der Waals surface area contributed by atoms with Crippen molar-refractivity contribution in [2.24, 2.45) is 5.41 Å². The molecule has 1 saturated heterocycles. The number of nitrogens with zero attached hydrogens (tertiary/aromatic N) is 6. The summed E-state index contributed by atoms with van der Waals surface area (Å²) in [6.07, 6.45) is 8.43. The summed E-state index contributed by atoms with van der Waals surface area (Å²) in [7, 11) is 3.14. The van der Waals surface area contributed by atoms with E-state index in [1.165, 1.54) is 19.3 Å². The minimum atomic E-state index is -0.529. The summed E-state index contributed by atoms with van der Waals surface area (Å²) in [6, 6.07) is 11.9. The Bertz CT molecular complexity index is 1460. The van der Waals surface area contributed by atoms with Gasteiger partial charge in [-0.15, -0.1) is 15.3 Å². The lowest BCUT2D eigenvalue weighted by atomic mass is 9.53. The van der Waals surface area contributed by atoms with Gasteiger partial charge in [-0.05, 0) is 88.1 Å². The molecule has 1 spiro atoms. The van der Waals surface area contributed by atoms with E-state index >= 15 is 0 Å². The van der Waals surface area contributed by atoms with Gasteiger partial charge in [0.25, 0.3) is 0 Å². The molecule has 2 aromatic heterocycles. The van der Waals surface area contributed by atoms with E-state index in [0.29, 0.717) is 29.3 Å². The Morgan fingerprint density at radius 3 is 2.50 bits per heavy atom. The average molecular weight is 603 g/mol. The van der Waals surface area contributed by atoms with E-state index in [0.717, 1.165) is 48.3 Å². The van der Waals surface area contributed by atoms with Crippen LogP contribution in [0.3, 0.4) is 0 Å². The first kappa shape index (κ1) is 30.1. The van der Waals surface area contributed by atoms with Crippen LogP contribution in [0.25, 0.3) is 22.4 Å². The van der Waals surface area contributed by atoms with Gasteiger partial charge in [-0.1, -0.05) is 12.5 Å². The second-order valence-corrected chi connectivity index (χ2v) is 13.2. The summed E-state index contributed by atoms with van der Waals surface area (Å²) < 4.78 is 22.2. The Labute approximate surface area is 258 Å². The molecule has 11 nitrogen and oxygen atoms in total. The highest BCUT2D eigenvalue weighted by molar-refractivity contribution is 5.75. The van der Waals surface area contributed by atoms with Crippen molar-refractivity contribution in [1.82, 2.24) is 25.3 Å². The third kappa shape index (κ3) is 6.29. The minimum absolute atomic E-state index is 0.0802. The molecule has 3 aliphatic rings. The van der Waals surface area contributed by atoms with Crippen LogP contribution in [0.1, 0.15) is 59.3 Å². The van der Waals surface area contributed by atoms with E-state index < -0.39 is 5.60 Å². The van der Waals surface area contributed by atoms with E-state index in [1.807, 2.05) is 62.1 Å². The highest BCUT2D eigenvalue weighted by Gasteiger charge is 2.53. The van der Waals surface area contributed by atoms with E-state index in [4.69, 9.17) is 18.9 Å². The molecule has 2 aliphatic carbocycles. The fraction of sp³-hybridized carbons (Fsp3) is 0.545. The third-order valence-electron chi connectivity index (χ3n) is 9.04. The van der Waals surface area contributed by atoms with Crippen LogP contribution in [0.15, 0.2) is 42.6 Å². The average Bonchev–Trinajstić information content (AvgIpc) is 3.45. The zero-order chi connectivity index (χ0) is 30.9. The maximum absolute atomic E-state index is 13.4. The number of benzene rings is 1. The van der Waals surface area contributed by atoms with Crippen molar-refractivity contribution >= 4 is 11.9 Å². The quantitative estimate of drug-likeness (QED) is 0.281. The van der Waals surface area contributed by atoms with Crippen molar-refractivity contribution in [2.75, 3.05) is 39.0 Å². The Hall–Kier alpha value is -3.99. The van der Waals surface area contributed by atoms with Crippen LogP contribution in [0.2, 0.25) is 0 Å². The van der Waals surface area contributed by atoms with Crippen molar-refractivity contribution in [3.8, 4) is 34.0 Å². The lowest BCUT2D eigenvalue weighted by Crippen LogP contribution is -2.59. The molecule has 1 atom stereocenters. The van der Waals surface area contributed by atoms with E-state index in [1.54, 1.807) is 20.4 Å². The number of anilines is 1. The SMILES string of the molecule is COCOc1cc(-c2cnnc(OC)c2)ccc1-c1ccc(N2CCC(N(C(=O)OC(C)(C)C)C3CC4(CCC4)C3)C2)nn1. The third-order valence-corrected chi connectivity index (χ3v) is 9.04. The lowest BCUT2D eigenvalue weighted by Gasteiger charge is -2.57. The first-order chi connectivity index (χ1) is 21.2.